The molecular weight excluding hydrogens is 403 g/mol. The first kappa shape index (κ1) is 19.6. The minimum absolute atomic E-state index is 0. The zero-order valence-electron chi connectivity index (χ0n) is 13.7. The molecule has 0 saturated heterocycles. The molecule has 0 saturated carbocycles. The van der Waals surface area contributed by atoms with Crippen LogP contribution in [-0.4, -0.2) is 37.7 Å². The van der Waals surface area contributed by atoms with E-state index in [4.69, 9.17) is 4.74 Å². The molecule has 0 radical (unpaired) electrons. The first-order valence-electron chi connectivity index (χ1n) is 7.70. The number of nitrogens with one attached hydrogen (secondary N) is 2. The lowest BCUT2D eigenvalue weighted by atomic mass is 10.1. The average molecular weight is 428 g/mol. The number of guanidine groups is 1. The zero-order valence-corrected chi connectivity index (χ0v) is 16.0. The van der Waals surface area contributed by atoms with Crippen molar-refractivity contribution < 1.29 is 4.74 Å². The Kier molecular flexibility index (Phi) is 9.54. The number of ether oxygens (including phenoxy) is 1. The molecule has 23 heavy (non-hydrogen) atoms. The number of fused-ring (bicyclic) bond motifs is 1. The number of halogens is 1. The number of pyridine rings is 1. The van der Waals surface area contributed by atoms with E-state index >= 15 is 0 Å². The SMILES string of the molecule is CCOCCCNC(=NC)NCc1nccc2ccccc12.I. The van der Waals surface area contributed by atoms with E-state index in [9.17, 15) is 0 Å². The highest BCUT2D eigenvalue weighted by atomic mass is 127. The number of hydrogen-bond acceptors (Lipinski definition) is 3. The van der Waals surface area contributed by atoms with Crippen LogP contribution in [0.4, 0.5) is 0 Å². The summed E-state index contributed by atoms with van der Waals surface area (Å²) in [7, 11) is 1.77. The van der Waals surface area contributed by atoms with Crippen LogP contribution in [0.15, 0.2) is 41.5 Å². The molecule has 0 aliphatic rings. The third-order valence-electron chi connectivity index (χ3n) is 3.37. The Morgan fingerprint density at radius 1 is 1.22 bits per heavy atom. The molecule has 2 N–H and O–H groups in total. The van der Waals surface area contributed by atoms with E-state index in [1.807, 2.05) is 31.3 Å². The van der Waals surface area contributed by atoms with Gasteiger partial charge in [0.25, 0.3) is 0 Å². The molecule has 5 nitrogen and oxygen atoms in total. The third-order valence-corrected chi connectivity index (χ3v) is 3.37. The second kappa shape index (κ2) is 11.2. The van der Waals surface area contributed by atoms with Crippen LogP contribution in [0.3, 0.4) is 0 Å². The average Bonchev–Trinajstić information content (AvgIpc) is 2.57. The molecule has 0 amide bonds. The molecule has 1 aromatic heterocycles. The van der Waals surface area contributed by atoms with Crippen molar-refractivity contribution in [2.45, 2.75) is 19.9 Å². The van der Waals surface area contributed by atoms with Crippen LogP contribution >= 0.6 is 24.0 Å². The van der Waals surface area contributed by atoms with E-state index in [0.717, 1.165) is 37.8 Å². The molecule has 6 heteroatoms. The molecule has 2 aromatic rings. The van der Waals surface area contributed by atoms with Gasteiger partial charge in [-0.1, -0.05) is 24.3 Å². The second-order valence-corrected chi connectivity index (χ2v) is 4.88. The summed E-state index contributed by atoms with van der Waals surface area (Å²) in [5.74, 6) is 0.784. The van der Waals surface area contributed by atoms with Gasteiger partial charge in [-0.05, 0) is 24.8 Å². The number of nitrogens with zero attached hydrogens (tertiary/aromatic N) is 2. The van der Waals surface area contributed by atoms with Gasteiger partial charge in [0, 0.05) is 38.4 Å². The van der Waals surface area contributed by atoms with Crippen LogP contribution in [0.25, 0.3) is 10.8 Å². The van der Waals surface area contributed by atoms with E-state index in [1.54, 1.807) is 7.05 Å². The van der Waals surface area contributed by atoms with Crippen LogP contribution in [0.1, 0.15) is 19.0 Å². The van der Waals surface area contributed by atoms with Crippen LogP contribution in [-0.2, 0) is 11.3 Å². The highest BCUT2D eigenvalue weighted by Crippen LogP contribution is 2.15. The molecule has 0 atom stereocenters. The van der Waals surface area contributed by atoms with Gasteiger partial charge in [-0.2, -0.15) is 0 Å². The molecule has 1 aromatic carbocycles. The minimum atomic E-state index is 0. The smallest absolute Gasteiger partial charge is 0.191 e. The van der Waals surface area contributed by atoms with Gasteiger partial charge in [-0.3, -0.25) is 9.98 Å². The maximum Gasteiger partial charge on any atom is 0.191 e. The number of aromatic nitrogens is 1. The molecule has 0 unspecified atom stereocenters. The Hall–Kier alpha value is -1.41. The van der Waals surface area contributed by atoms with Gasteiger partial charge in [0.1, 0.15) is 0 Å². The molecule has 0 aliphatic carbocycles. The highest BCUT2D eigenvalue weighted by Gasteiger charge is 2.03. The fraction of sp³-hybridized carbons (Fsp3) is 0.412. The Labute approximate surface area is 155 Å². The quantitative estimate of drug-likeness (QED) is 0.308. The molecule has 0 spiro atoms. The summed E-state index contributed by atoms with van der Waals surface area (Å²) >= 11 is 0. The first-order chi connectivity index (χ1) is 10.8. The Morgan fingerprint density at radius 2 is 2.04 bits per heavy atom. The van der Waals surface area contributed by atoms with Gasteiger partial charge in [-0.15, -0.1) is 24.0 Å². The van der Waals surface area contributed by atoms with E-state index < -0.39 is 0 Å². The van der Waals surface area contributed by atoms with Crippen LogP contribution in [0.2, 0.25) is 0 Å². The molecule has 2 rings (SSSR count). The van der Waals surface area contributed by atoms with Crippen molar-refractivity contribution in [3.05, 3.63) is 42.2 Å². The van der Waals surface area contributed by atoms with Crippen LogP contribution < -0.4 is 10.6 Å². The lowest BCUT2D eigenvalue weighted by Gasteiger charge is -2.12. The van der Waals surface area contributed by atoms with Crippen LogP contribution in [0, 0.1) is 0 Å². The molecule has 1 heterocycles. The number of aliphatic imine (C=N–C) groups is 1. The molecule has 126 valence electrons. The normalized spacial score (nSPS) is 11.1. The maximum atomic E-state index is 5.32. The highest BCUT2D eigenvalue weighted by molar-refractivity contribution is 14.0. The van der Waals surface area contributed by atoms with Gasteiger partial charge in [0.05, 0.1) is 12.2 Å². The third kappa shape index (κ3) is 6.31. The van der Waals surface area contributed by atoms with E-state index in [0.29, 0.717) is 6.54 Å². The summed E-state index contributed by atoms with van der Waals surface area (Å²) in [4.78, 5) is 8.70. The van der Waals surface area contributed by atoms with Gasteiger partial charge >= 0.3 is 0 Å². The van der Waals surface area contributed by atoms with E-state index in [1.165, 1.54) is 10.8 Å². The first-order valence-corrected chi connectivity index (χ1v) is 7.70. The molecule has 0 fully saturated rings. The predicted octanol–water partition coefficient (Wildman–Crippen LogP) is 2.94. The summed E-state index contributed by atoms with van der Waals surface area (Å²) in [6.45, 7) is 5.02. The number of hydrogen-bond donors (Lipinski definition) is 2. The molecule has 0 bridgehead atoms. The predicted molar refractivity (Wildman–Crippen MR) is 106 cm³/mol. The Balaban J connectivity index is 0.00000264. The second-order valence-electron chi connectivity index (χ2n) is 4.88. The van der Waals surface area contributed by atoms with Crippen molar-refractivity contribution in [3.8, 4) is 0 Å². The van der Waals surface area contributed by atoms with Crippen LogP contribution in [0.5, 0.6) is 0 Å². The number of rotatable bonds is 7. The Bertz CT molecular complexity index is 613. The van der Waals surface area contributed by atoms with Crippen molar-refractivity contribution in [3.63, 3.8) is 0 Å². The lowest BCUT2D eigenvalue weighted by molar-refractivity contribution is 0.145. The van der Waals surface area contributed by atoms with Crippen molar-refractivity contribution in [2.24, 2.45) is 4.99 Å². The summed E-state index contributed by atoms with van der Waals surface area (Å²) < 4.78 is 5.32. The summed E-state index contributed by atoms with van der Waals surface area (Å²) in [6.07, 6.45) is 2.80. The number of benzene rings is 1. The monoisotopic (exact) mass is 428 g/mol. The van der Waals surface area contributed by atoms with Gasteiger partial charge < -0.3 is 15.4 Å². The zero-order chi connectivity index (χ0) is 15.6. The van der Waals surface area contributed by atoms with Crippen molar-refractivity contribution >= 4 is 40.7 Å². The lowest BCUT2D eigenvalue weighted by Crippen LogP contribution is -2.37. The fourth-order valence-corrected chi connectivity index (χ4v) is 2.24. The Morgan fingerprint density at radius 3 is 2.83 bits per heavy atom. The van der Waals surface area contributed by atoms with Crippen molar-refractivity contribution in [2.75, 3.05) is 26.8 Å². The van der Waals surface area contributed by atoms with Gasteiger partial charge in [0.15, 0.2) is 5.96 Å². The van der Waals surface area contributed by atoms with E-state index in [2.05, 4.69) is 32.7 Å². The summed E-state index contributed by atoms with van der Waals surface area (Å²) in [5, 5.41) is 8.96. The minimum Gasteiger partial charge on any atom is -0.382 e. The summed E-state index contributed by atoms with van der Waals surface area (Å²) in [5.41, 5.74) is 1.02. The van der Waals surface area contributed by atoms with E-state index in [-0.39, 0.29) is 24.0 Å². The standard InChI is InChI=1S/C17H24N4O.HI/c1-3-22-12-6-10-20-17(18-2)21-13-16-15-8-5-4-7-14(15)9-11-19-16;/h4-5,7-9,11H,3,6,10,12-13H2,1-2H3,(H2,18,20,21);1H. The van der Waals surface area contributed by atoms with Gasteiger partial charge in [-0.25, -0.2) is 0 Å². The maximum absolute atomic E-state index is 5.32. The largest absolute Gasteiger partial charge is 0.382 e. The van der Waals surface area contributed by atoms with Gasteiger partial charge in [0.2, 0.25) is 0 Å². The fourth-order valence-electron chi connectivity index (χ4n) is 2.24. The molecule has 0 aliphatic heterocycles. The van der Waals surface area contributed by atoms with Crippen molar-refractivity contribution in [1.29, 1.82) is 0 Å². The summed E-state index contributed by atoms with van der Waals surface area (Å²) in [6, 6.07) is 10.3. The molecular formula is C17H25IN4O. The topological polar surface area (TPSA) is 58.5 Å². The van der Waals surface area contributed by atoms with Crippen molar-refractivity contribution in [1.82, 2.24) is 15.6 Å².